The van der Waals surface area contributed by atoms with Gasteiger partial charge in [0.05, 0.1) is 0 Å². The standard InChI is InChI=1S/C19H25N3O/c1-15-6-4-8-17(14-15)18(22(2)3)19(23)21-11-5-7-16-9-12-20-13-10-16/h4,6,8-10,12-14,18H,5,7,11H2,1-3H3,(H,21,23). The summed E-state index contributed by atoms with van der Waals surface area (Å²) >= 11 is 0. The van der Waals surface area contributed by atoms with Gasteiger partial charge in [0.2, 0.25) is 5.91 Å². The molecule has 0 saturated carbocycles. The van der Waals surface area contributed by atoms with E-state index < -0.39 is 0 Å². The van der Waals surface area contributed by atoms with Crippen LogP contribution < -0.4 is 5.32 Å². The van der Waals surface area contributed by atoms with Gasteiger partial charge in [0.25, 0.3) is 0 Å². The zero-order valence-electron chi connectivity index (χ0n) is 14.1. The number of hydrogen-bond acceptors (Lipinski definition) is 3. The highest BCUT2D eigenvalue weighted by Gasteiger charge is 2.22. The van der Waals surface area contributed by atoms with E-state index in [1.165, 1.54) is 11.1 Å². The molecule has 0 aliphatic carbocycles. The molecule has 1 heterocycles. The molecule has 1 aromatic carbocycles. The minimum Gasteiger partial charge on any atom is -0.354 e. The third-order valence-electron chi connectivity index (χ3n) is 3.81. The molecule has 1 amide bonds. The van der Waals surface area contributed by atoms with Crippen molar-refractivity contribution < 1.29 is 4.79 Å². The van der Waals surface area contributed by atoms with Crippen molar-refractivity contribution in [2.45, 2.75) is 25.8 Å². The third kappa shape index (κ3) is 5.18. The molecular formula is C19H25N3O. The fourth-order valence-corrected chi connectivity index (χ4v) is 2.67. The summed E-state index contributed by atoms with van der Waals surface area (Å²) in [5.41, 5.74) is 3.44. The zero-order valence-corrected chi connectivity index (χ0v) is 14.1. The molecule has 4 heteroatoms. The van der Waals surface area contributed by atoms with Gasteiger partial charge < -0.3 is 5.32 Å². The Kier molecular flexibility index (Phi) is 6.29. The number of aromatic nitrogens is 1. The molecule has 0 bridgehead atoms. The van der Waals surface area contributed by atoms with Crippen LogP contribution >= 0.6 is 0 Å². The number of benzene rings is 1. The van der Waals surface area contributed by atoms with E-state index >= 15 is 0 Å². The average Bonchev–Trinajstić information content (AvgIpc) is 2.52. The molecule has 0 aliphatic rings. The largest absolute Gasteiger partial charge is 0.354 e. The second-order valence-corrected chi connectivity index (χ2v) is 6.03. The monoisotopic (exact) mass is 311 g/mol. The van der Waals surface area contributed by atoms with E-state index in [2.05, 4.69) is 16.4 Å². The van der Waals surface area contributed by atoms with Crippen LogP contribution in [0.4, 0.5) is 0 Å². The van der Waals surface area contributed by atoms with Crippen molar-refractivity contribution in [3.05, 3.63) is 65.5 Å². The van der Waals surface area contributed by atoms with Crippen LogP contribution in [0.15, 0.2) is 48.8 Å². The molecule has 1 unspecified atom stereocenters. The van der Waals surface area contributed by atoms with Crippen LogP contribution in [0.1, 0.15) is 29.2 Å². The van der Waals surface area contributed by atoms with E-state index in [9.17, 15) is 4.79 Å². The predicted octanol–water partition coefficient (Wildman–Crippen LogP) is 2.74. The number of aryl methyl sites for hydroxylation is 2. The smallest absolute Gasteiger partial charge is 0.241 e. The summed E-state index contributed by atoms with van der Waals surface area (Å²) in [6.07, 6.45) is 5.46. The Morgan fingerprint density at radius 2 is 1.96 bits per heavy atom. The van der Waals surface area contributed by atoms with Gasteiger partial charge in [-0.05, 0) is 57.1 Å². The lowest BCUT2D eigenvalue weighted by atomic mass is 10.0. The minimum absolute atomic E-state index is 0.0512. The van der Waals surface area contributed by atoms with Crippen molar-refractivity contribution in [1.82, 2.24) is 15.2 Å². The third-order valence-corrected chi connectivity index (χ3v) is 3.81. The highest BCUT2D eigenvalue weighted by molar-refractivity contribution is 5.83. The first-order valence-corrected chi connectivity index (χ1v) is 7.97. The number of hydrogen-bond donors (Lipinski definition) is 1. The topological polar surface area (TPSA) is 45.2 Å². The minimum atomic E-state index is -0.254. The number of carbonyl (C=O) groups is 1. The molecular weight excluding hydrogens is 286 g/mol. The van der Waals surface area contributed by atoms with Gasteiger partial charge in [-0.1, -0.05) is 29.8 Å². The normalized spacial score (nSPS) is 12.2. The van der Waals surface area contributed by atoms with Crippen molar-refractivity contribution in [1.29, 1.82) is 0 Å². The molecule has 23 heavy (non-hydrogen) atoms. The lowest BCUT2D eigenvalue weighted by Gasteiger charge is -2.24. The molecule has 0 saturated heterocycles. The molecule has 4 nitrogen and oxygen atoms in total. The molecule has 1 atom stereocenters. The Labute approximate surface area is 138 Å². The van der Waals surface area contributed by atoms with E-state index in [0.717, 1.165) is 18.4 Å². The average molecular weight is 311 g/mol. The molecule has 2 aromatic rings. The number of carbonyl (C=O) groups excluding carboxylic acids is 1. The summed E-state index contributed by atoms with van der Waals surface area (Å²) in [4.78, 5) is 18.5. The fourth-order valence-electron chi connectivity index (χ4n) is 2.67. The van der Waals surface area contributed by atoms with Gasteiger partial charge in [0.1, 0.15) is 6.04 Å². The van der Waals surface area contributed by atoms with E-state index in [0.29, 0.717) is 6.54 Å². The Hall–Kier alpha value is -2.20. The predicted molar refractivity (Wildman–Crippen MR) is 93.2 cm³/mol. The molecule has 2 rings (SSSR count). The Morgan fingerprint density at radius 1 is 1.22 bits per heavy atom. The second kappa shape index (κ2) is 8.44. The summed E-state index contributed by atoms with van der Waals surface area (Å²) in [6.45, 7) is 2.72. The number of likely N-dealkylation sites (N-methyl/N-ethyl adjacent to an activating group) is 1. The van der Waals surface area contributed by atoms with E-state index in [4.69, 9.17) is 0 Å². The van der Waals surface area contributed by atoms with E-state index in [-0.39, 0.29) is 11.9 Å². The fraction of sp³-hybridized carbons (Fsp3) is 0.368. The summed E-state index contributed by atoms with van der Waals surface area (Å²) in [5.74, 6) is 0.0512. The molecule has 0 spiro atoms. The number of nitrogens with one attached hydrogen (secondary N) is 1. The number of rotatable bonds is 7. The van der Waals surface area contributed by atoms with Gasteiger partial charge in [0, 0.05) is 18.9 Å². The maximum absolute atomic E-state index is 12.5. The van der Waals surface area contributed by atoms with Crippen molar-refractivity contribution in [2.24, 2.45) is 0 Å². The van der Waals surface area contributed by atoms with Crippen molar-refractivity contribution in [2.75, 3.05) is 20.6 Å². The Morgan fingerprint density at radius 3 is 2.61 bits per heavy atom. The van der Waals surface area contributed by atoms with Gasteiger partial charge in [0.15, 0.2) is 0 Å². The Balaban J connectivity index is 1.89. The zero-order chi connectivity index (χ0) is 16.7. The van der Waals surface area contributed by atoms with E-state index in [1.54, 1.807) is 12.4 Å². The molecule has 1 aromatic heterocycles. The molecule has 1 N–H and O–H groups in total. The van der Waals surface area contributed by atoms with Crippen LogP contribution in [0, 0.1) is 6.92 Å². The van der Waals surface area contributed by atoms with Gasteiger partial charge in [-0.15, -0.1) is 0 Å². The van der Waals surface area contributed by atoms with Gasteiger partial charge in [-0.25, -0.2) is 0 Å². The summed E-state index contributed by atoms with van der Waals surface area (Å²) in [7, 11) is 3.87. The summed E-state index contributed by atoms with van der Waals surface area (Å²) < 4.78 is 0. The van der Waals surface area contributed by atoms with Gasteiger partial charge in [-0.2, -0.15) is 0 Å². The lowest BCUT2D eigenvalue weighted by Crippen LogP contribution is -2.37. The van der Waals surface area contributed by atoms with E-state index in [1.807, 2.05) is 56.3 Å². The Bertz CT molecular complexity index is 626. The quantitative estimate of drug-likeness (QED) is 0.800. The SMILES string of the molecule is Cc1cccc(C(C(=O)NCCCc2ccncc2)N(C)C)c1. The van der Waals surface area contributed by atoms with Gasteiger partial charge in [-0.3, -0.25) is 14.7 Å². The number of amides is 1. The van der Waals surface area contributed by atoms with Crippen molar-refractivity contribution in [3.8, 4) is 0 Å². The van der Waals surface area contributed by atoms with Crippen molar-refractivity contribution >= 4 is 5.91 Å². The van der Waals surface area contributed by atoms with Crippen LogP contribution in [-0.2, 0) is 11.2 Å². The molecule has 0 radical (unpaired) electrons. The van der Waals surface area contributed by atoms with Gasteiger partial charge >= 0.3 is 0 Å². The number of pyridine rings is 1. The summed E-state index contributed by atoms with van der Waals surface area (Å²) in [6, 6.07) is 11.9. The molecule has 0 aliphatic heterocycles. The van der Waals surface area contributed by atoms with Crippen LogP contribution in [0.25, 0.3) is 0 Å². The van der Waals surface area contributed by atoms with Crippen LogP contribution in [0.5, 0.6) is 0 Å². The number of nitrogens with zero attached hydrogens (tertiary/aromatic N) is 2. The maximum atomic E-state index is 12.5. The first-order chi connectivity index (χ1) is 11.1. The first-order valence-electron chi connectivity index (χ1n) is 7.97. The van der Waals surface area contributed by atoms with Crippen LogP contribution in [0.2, 0.25) is 0 Å². The molecule has 122 valence electrons. The molecule has 0 fully saturated rings. The van der Waals surface area contributed by atoms with Crippen molar-refractivity contribution in [3.63, 3.8) is 0 Å². The van der Waals surface area contributed by atoms with Crippen LogP contribution in [0.3, 0.4) is 0 Å². The first kappa shape index (κ1) is 17.2. The second-order valence-electron chi connectivity index (χ2n) is 6.03. The highest BCUT2D eigenvalue weighted by atomic mass is 16.2. The lowest BCUT2D eigenvalue weighted by molar-refractivity contribution is -0.125. The highest BCUT2D eigenvalue weighted by Crippen LogP contribution is 2.19. The summed E-state index contributed by atoms with van der Waals surface area (Å²) in [5, 5.41) is 3.06. The van der Waals surface area contributed by atoms with Crippen LogP contribution in [-0.4, -0.2) is 36.4 Å². The maximum Gasteiger partial charge on any atom is 0.241 e.